The Morgan fingerprint density at radius 2 is 1.94 bits per heavy atom. The average Bonchev–Trinajstić information content (AvgIpc) is 2.72. The minimum atomic E-state index is 0.256. The summed E-state index contributed by atoms with van der Waals surface area (Å²) in [6, 6.07) is 14.3. The van der Waals surface area contributed by atoms with Crippen molar-refractivity contribution in [2.75, 3.05) is 0 Å². The third kappa shape index (κ3) is 1.71. The molecule has 0 fully saturated rings. The van der Waals surface area contributed by atoms with E-state index in [1.54, 1.807) is 6.07 Å². The summed E-state index contributed by atoms with van der Waals surface area (Å²) in [5.41, 5.74) is 5.08. The number of aryl methyl sites for hydroxylation is 1. The van der Waals surface area contributed by atoms with Crippen molar-refractivity contribution < 1.29 is 5.11 Å². The maximum Gasteiger partial charge on any atom is 0.115 e. The van der Waals surface area contributed by atoms with E-state index in [4.69, 9.17) is 0 Å². The van der Waals surface area contributed by atoms with Crippen LogP contribution in [0.15, 0.2) is 42.5 Å². The Balaban J connectivity index is 2.07. The lowest BCUT2D eigenvalue weighted by molar-refractivity contribution is 0.474. The van der Waals surface area contributed by atoms with Gasteiger partial charge in [0.2, 0.25) is 0 Å². The number of hydrogen-bond donors (Lipinski definition) is 2. The van der Waals surface area contributed by atoms with E-state index in [2.05, 4.69) is 36.5 Å². The molecule has 2 aromatic rings. The molecule has 1 aliphatic rings. The highest BCUT2D eigenvalue weighted by atomic mass is 16.3. The zero-order valence-electron chi connectivity index (χ0n) is 9.77. The average molecular weight is 225 g/mol. The van der Waals surface area contributed by atoms with E-state index in [1.807, 2.05) is 12.1 Å². The van der Waals surface area contributed by atoms with Gasteiger partial charge in [-0.3, -0.25) is 0 Å². The fraction of sp³-hybridized carbons (Fsp3) is 0.200. The number of nitrogens with one attached hydrogen (secondary N) is 1. The van der Waals surface area contributed by atoms with E-state index in [0.29, 0.717) is 5.75 Å². The van der Waals surface area contributed by atoms with Crippen LogP contribution in [0.1, 0.15) is 28.3 Å². The zero-order chi connectivity index (χ0) is 11.8. The van der Waals surface area contributed by atoms with Crippen LogP contribution in [0, 0.1) is 6.92 Å². The van der Waals surface area contributed by atoms with Gasteiger partial charge in [0.25, 0.3) is 0 Å². The molecule has 2 heteroatoms. The SMILES string of the molecule is Cc1ccccc1C1NCc2cc(O)ccc21. The number of rotatable bonds is 1. The van der Waals surface area contributed by atoms with Crippen LogP contribution in [0.2, 0.25) is 0 Å². The molecular formula is C15H15NO. The third-order valence-corrected chi connectivity index (χ3v) is 3.43. The molecule has 1 atom stereocenters. The molecule has 0 amide bonds. The minimum absolute atomic E-state index is 0.256. The summed E-state index contributed by atoms with van der Waals surface area (Å²) in [5.74, 6) is 0.344. The standard InChI is InChI=1S/C15H15NO/c1-10-4-2-3-5-13(10)15-14-7-6-12(17)8-11(14)9-16-15/h2-8,15-17H,9H2,1H3. The molecule has 2 N–H and O–H groups in total. The summed E-state index contributed by atoms with van der Waals surface area (Å²) in [7, 11) is 0. The van der Waals surface area contributed by atoms with Gasteiger partial charge in [-0.25, -0.2) is 0 Å². The lowest BCUT2D eigenvalue weighted by Crippen LogP contribution is -2.14. The molecule has 0 bridgehead atoms. The lowest BCUT2D eigenvalue weighted by atomic mass is 9.95. The molecule has 0 radical (unpaired) electrons. The summed E-state index contributed by atoms with van der Waals surface area (Å²) >= 11 is 0. The second-order valence-electron chi connectivity index (χ2n) is 4.55. The van der Waals surface area contributed by atoms with Gasteiger partial charge in [0.15, 0.2) is 0 Å². The summed E-state index contributed by atoms with van der Waals surface area (Å²) in [6.45, 7) is 2.96. The maximum absolute atomic E-state index is 9.48. The van der Waals surface area contributed by atoms with Crippen molar-refractivity contribution in [2.45, 2.75) is 19.5 Å². The van der Waals surface area contributed by atoms with Gasteiger partial charge in [-0.05, 0) is 41.3 Å². The molecule has 2 aromatic carbocycles. The van der Waals surface area contributed by atoms with E-state index >= 15 is 0 Å². The Kier molecular flexibility index (Phi) is 2.37. The molecule has 0 saturated carbocycles. The summed E-state index contributed by atoms with van der Waals surface area (Å²) in [6.07, 6.45) is 0. The molecule has 0 spiro atoms. The monoisotopic (exact) mass is 225 g/mol. The van der Waals surface area contributed by atoms with Gasteiger partial charge in [0.05, 0.1) is 6.04 Å². The molecule has 17 heavy (non-hydrogen) atoms. The Bertz CT molecular complexity index is 563. The highest BCUT2D eigenvalue weighted by molar-refractivity contribution is 5.46. The van der Waals surface area contributed by atoms with Crippen molar-refractivity contribution in [2.24, 2.45) is 0 Å². The van der Waals surface area contributed by atoms with Gasteiger partial charge >= 0.3 is 0 Å². The molecule has 1 unspecified atom stereocenters. The first-order chi connectivity index (χ1) is 8.25. The Labute approximate surface area is 101 Å². The molecule has 1 heterocycles. The second-order valence-corrected chi connectivity index (χ2v) is 4.55. The number of phenolic OH excluding ortho intramolecular Hbond substituents is 1. The first-order valence-corrected chi connectivity index (χ1v) is 5.86. The molecule has 0 aliphatic carbocycles. The van der Waals surface area contributed by atoms with E-state index in [1.165, 1.54) is 22.3 Å². The smallest absolute Gasteiger partial charge is 0.115 e. The second kappa shape index (κ2) is 3.90. The van der Waals surface area contributed by atoms with Crippen LogP contribution in [-0.2, 0) is 6.54 Å². The van der Waals surface area contributed by atoms with Crippen molar-refractivity contribution in [3.63, 3.8) is 0 Å². The molecule has 1 aliphatic heterocycles. The van der Waals surface area contributed by atoms with Crippen LogP contribution >= 0.6 is 0 Å². The Morgan fingerprint density at radius 3 is 2.76 bits per heavy atom. The number of aromatic hydroxyl groups is 1. The lowest BCUT2D eigenvalue weighted by Gasteiger charge is -2.15. The number of benzene rings is 2. The van der Waals surface area contributed by atoms with Crippen LogP contribution in [-0.4, -0.2) is 5.11 Å². The number of phenols is 1. The van der Waals surface area contributed by atoms with Crippen molar-refractivity contribution in [1.82, 2.24) is 5.32 Å². The largest absolute Gasteiger partial charge is 0.508 e. The molecule has 0 saturated heterocycles. The zero-order valence-corrected chi connectivity index (χ0v) is 9.77. The fourth-order valence-electron chi connectivity index (χ4n) is 2.54. The van der Waals surface area contributed by atoms with Gasteiger partial charge < -0.3 is 10.4 Å². The van der Waals surface area contributed by atoms with Crippen LogP contribution in [0.5, 0.6) is 5.75 Å². The van der Waals surface area contributed by atoms with E-state index in [9.17, 15) is 5.11 Å². The number of fused-ring (bicyclic) bond motifs is 1. The highest BCUT2D eigenvalue weighted by Gasteiger charge is 2.24. The Morgan fingerprint density at radius 1 is 1.12 bits per heavy atom. The predicted octanol–water partition coefficient (Wildman–Crippen LogP) is 2.89. The predicted molar refractivity (Wildman–Crippen MR) is 68.0 cm³/mol. The fourth-order valence-corrected chi connectivity index (χ4v) is 2.54. The van der Waals surface area contributed by atoms with Crippen molar-refractivity contribution in [3.05, 3.63) is 64.7 Å². The Hall–Kier alpha value is -1.80. The van der Waals surface area contributed by atoms with Gasteiger partial charge in [-0.15, -0.1) is 0 Å². The molecular weight excluding hydrogens is 210 g/mol. The van der Waals surface area contributed by atoms with Gasteiger partial charge in [0.1, 0.15) is 5.75 Å². The third-order valence-electron chi connectivity index (χ3n) is 3.43. The quantitative estimate of drug-likeness (QED) is 0.782. The minimum Gasteiger partial charge on any atom is -0.508 e. The van der Waals surface area contributed by atoms with Crippen LogP contribution in [0.3, 0.4) is 0 Å². The first kappa shape index (κ1) is 10.4. The summed E-state index contributed by atoms with van der Waals surface area (Å²) < 4.78 is 0. The van der Waals surface area contributed by atoms with Crippen molar-refractivity contribution in [3.8, 4) is 5.75 Å². The van der Waals surface area contributed by atoms with Crippen LogP contribution in [0.25, 0.3) is 0 Å². The van der Waals surface area contributed by atoms with E-state index < -0.39 is 0 Å². The summed E-state index contributed by atoms with van der Waals surface area (Å²) in [4.78, 5) is 0. The highest BCUT2D eigenvalue weighted by Crippen LogP contribution is 2.33. The normalized spacial score (nSPS) is 18.1. The van der Waals surface area contributed by atoms with E-state index in [0.717, 1.165) is 6.54 Å². The van der Waals surface area contributed by atoms with Crippen molar-refractivity contribution >= 4 is 0 Å². The maximum atomic E-state index is 9.48. The molecule has 0 aromatic heterocycles. The van der Waals surface area contributed by atoms with Gasteiger partial charge in [-0.2, -0.15) is 0 Å². The molecule has 3 rings (SSSR count). The van der Waals surface area contributed by atoms with Gasteiger partial charge in [0, 0.05) is 6.54 Å². The summed E-state index contributed by atoms with van der Waals surface area (Å²) in [5, 5.41) is 13.0. The number of hydrogen-bond acceptors (Lipinski definition) is 2. The van der Waals surface area contributed by atoms with Gasteiger partial charge in [-0.1, -0.05) is 30.3 Å². The molecule has 2 nitrogen and oxygen atoms in total. The van der Waals surface area contributed by atoms with Crippen LogP contribution < -0.4 is 5.32 Å². The van der Waals surface area contributed by atoms with Crippen LogP contribution in [0.4, 0.5) is 0 Å². The topological polar surface area (TPSA) is 32.3 Å². The van der Waals surface area contributed by atoms with Crippen molar-refractivity contribution in [1.29, 1.82) is 0 Å². The molecule has 86 valence electrons. The first-order valence-electron chi connectivity index (χ1n) is 5.86. The van der Waals surface area contributed by atoms with E-state index in [-0.39, 0.29) is 6.04 Å².